The quantitative estimate of drug-likeness (QED) is 0.0764. The normalized spacial score (nSPS) is 16.6. The van der Waals surface area contributed by atoms with Gasteiger partial charge in [0.1, 0.15) is 0 Å². The van der Waals surface area contributed by atoms with Crippen LogP contribution in [0.2, 0.25) is 0 Å². The van der Waals surface area contributed by atoms with Gasteiger partial charge in [0.2, 0.25) is 0 Å². The maximum atomic E-state index is 7.74. The summed E-state index contributed by atoms with van der Waals surface area (Å²) in [6.07, 6.45) is 10.7. The number of hydrogen-bond acceptors (Lipinski definition) is 8. The van der Waals surface area contributed by atoms with Crippen LogP contribution in [0.3, 0.4) is 0 Å². The van der Waals surface area contributed by atoms with Crippen LogP contribution in [0, 0.1) is 0 Å². The van der Waals surface area contributed by atoms with Crippen LogP contribution in [-0.4, -0.2) is 75.7 Å². The zero-order chi connectivity index (χ0) is 50.2. The Bertz CT molecular complexity index is 2030. The van der Waals surface area contributed by atoms with Crippen LogP contribution in [0.1, 0.15) is 209 Å². The molecule has 3 aliphatic rings. The van der Waals surface area contributed by atoms with Crippen LogP contribution in [0.25, 0.3) is 0 Å². The third-order valence-electron chi connectivity index (χ3n) is 14.5. The molecular weight excluding hydrogens is 905 g/mol. The van der Waals surface area contributed by atoms with Crippen LogP contribution in [-0.2, 0) is 3.76 Å². The van der Waals surface area contributed by atoms with E-state index in [2.05, 4.69) is 254 Å². The molecule has 0 aliphatic carbocycles. The van der Waals surface area contributed by atoms with Crippen LogP contribution in [0.4, 0.5) is 22.7 Å². The van der Waals surface area contributed by atoms with Gasteiger partial charge in [0.05, 0.1) is 0 Å². The minimum atomic E-state index is -3.05. The standard InChI is InChI=1S/C58H86B2GeN7O/c1-39(2)47-24-19-25-48(40(3)4)55(47)63-34-35-64(56-49(41(5)6)26-20-27-50(56)42(7)8)59(63)67-32-23-33-68(61(67)69-38-62(17)18)60-65(57-51(43(9)10)28-21-29-52(57)44(11)12)36-37-66(60)58-53(45(13)14)30-22-31-54(58)46(15)16/h19-22,24-31,34-37,39-46H,23,32-33,38H2,1-18H3. The molecule has 0 amide bonds. The van der Waals surface area contributed by atoms with Gasteiger partial charge in [-0.15, -0.1) is 0 Å². The van der Waals surface area contributed by atoms with Crippen LogP contribution in [0.5, 0.6) is 0 Å². The molecule has 3 heterocycles. The number of hydrogen-bond donors (Lipinski definition) is 0. The number of rotatable bonds is 17. The minimum absolute atomic E-state index is 0.153. The number of anilines is 4. The molecule has 0 spiro atoms. The zero-order valence-corrected chi connectivity index (χ0v) is 48.0. The van der Waals surface area contributed by atoms with E-state index in [9.17, 15) is 0 Å². The van der Waals surface area contributed by atoms with E-state index in [1.54, 1.807) is 0 Å². The van der Waals surface area contributed by atoms with Crippen molar-refractivity contribution in [1.82, 2.24) is 12.4 Å². The fraction of sp³-hybridized carbons (Fsp3) is 0.517. The molecular formula is C58H86B2GeN7O. The first-order chi connectivity index (χ1) is 32.8. The molecule has 0 saturated carbocycles. The van der Waals surface area contributed by atoms with Crippen molar-refractivity contribution in [1.29, 1.82) is 0 Å². The average Bonchev–Trinajstić information content (AvgIpc) is 3.94. The molecule has 3 aliphatic heterocycles. The van der Waals surface area contributed by atoms with Crippen molar-refractivity contribution in [2.75, 3.05) is 53.2 Å². The SMILES string of the molecule is CC(C)c1cccc(C(C)C)c1N1C=CN(c2c(C(C)C)cccc2C(C)C)B1[N]1CCC[N](B2N(c3c(C(C)C)cccc3C(C)C)C=CN2c2c(C(C)C)cccc2C(C)C)[Ge]1[O]CN(C)C. The summed E-state index contributed by atoms with van der Waals surface area (Å²) in [5.41, 5.74) is 16.5. The van der Waals surface area contributed by atoms with Crippen molar-refractivity contribution in [2.24, 2.45) is 0 Å². The van der Waals surface area contributed by atoms with E-state index in [1.165, 1.54) is 67.3 Å². The second-order valence-corrected chi connectivity index (χ2v) is 26.9. The molecule has 4 aromatic carbocycles. The molecule has 1 saturated heterocycles. The van der Waals surface area contributed by atoms with E-state index in [0.717, 1.165) is 19.5 Å². The topological polar surface area (TPSA) is 31.9 Å². The summed E-state index contributed by atoms with van der Waals surface area (Å²) in [5.74, 6) is 2.73. The third kappa shape index (κ3) is 10.5. The van der Waals surface area contributed by atoms with Gasteiger partial charge in [0, 0.05) is 0 Å². The van der Waals surface area contributed by atoms with Crippen molar-refractivity contribution in [3.63, 3.8) is 0 Å². The third-order valence-corrected chi connectivity index (χ3v) is 19.3. The Morgan fingerprint density at radius 1 is 0.406 bits per heavy atom. The number of benzene rings is 4. The summed E-state index contributed by atoms with van der Waals surface area (Å²) in [6.45, 7) is 40.2. The molecule has 69 heavy (non-hydrogen) atoms. The Morgan fingerprint density at radius 2 is 0.623 bits per heavy atom. The van der Waals surface area contributed by atoms with E-state index >= 15 is 0 Å². The molecule has 0 unspecified atom stereocenters. The molecule has 7 rings (SSSR count). The molecule has 11 heteroatoms. The Kier molecular flexibility index (Phi) is 17.0. The molecule has 0 bridgehead atoms. The molecule has 4 aromatic rings. The zero-order valence-electron chi connectivity index (χ0n) is 45.9. The summed E-state index contributed by atoms with van der Waals surface area (Å²) >= 11 is -3.05. The van der Waals surface area contributed by atoms with Gasteiger partial charge in [0.15, 0.2) is 0 Å². The van der Waals surface area contributed by atoms with Gasteiger partial charge < -0.3 is 0 Å². The second-order valence-electron chi connectivity index (χ2n) is 22.7. The summed E-state index contributed by atoms with van der Waals surface area (Å²) in [4.78, 5) is 12.9. The van der Waals surface area contributed by atoms with Crippen molar-refractivity contribution in [3.05, 3.63) is 142 Å². The van der Waals surface area contributed by atoms with Gasteiger partial charge in [0.25, 0.3) is 0 Å². The van der Waals surface area contributed by atoms with Crippen molar-refractivity contribution < 1.29 is 3.76 Å². The number of para-hydroxylation sites is 4. The van der Waals surface area contributed by atoms with E-state index in [4.69, 9.17) is 3.76 Å². The summed E-state index contributed by atoms with van der Waals surface area (Å²) < 4.78 is 13.5. The second kappa shape index (κ2) is 22.2. The molecule has 369 valence electrons. The fourth-order valence-corrected chi connectivity index (χ4v) is 16.5. The predicted octanol–water partition coefficient (Wildman–Crippen LogP) is 14.5. The van der Waals surface area contributed by atoms with Gasteiger partial charge in [-0.05, 0) is 0 Å². The van der Waals surface area contributed by atoms with Gasteiger partial charge >= 0.3 is 428 Å². The van der Waals surface area contributed by atoms with E-state index in [0.29, 0.717) is 54.1 Å². The molecule has 1 radical (unpaired) electrons. The van der Waals surface area contributed by atoms with Crippen molar-refractivity contribution in [3.8, 4) is 0 Å². The molecule has 0 aromatic heterocycles. The Balaban J connectivity index is 1.53. The fourth-order valence-electron chi connectivity index (χ4n) is 11.0. The van der Waals surface area contributed by atoms with Gasteiger partial charge in [-0.1, -0.05) is 0 Å². The van der Waals surface area contributed by atoms with Gasteiger partial charge in [-0.2, -0.15) is 0 Å². The summed E-state index contributed by atoms with van der Waals surface area (Å²) in [7, 11) is 4.01. The molecule has 1 fully saturated rings. The molecule has 0 N–H and O–H groups in total. The maximum absolute atomic E-state index is 7.74. The number of nitrogens with zero attached hydrogens (tertiary/aromatic N) is 7. The first-order valence-corrected chi connectivity index (χ1v) is 29.2. The van der Waals surface area contributed by atoms with E-state index in [-0.39, 0.29) is 14.2 Å². The average molecular weight is 992 g/mol. The van der Waals surface area contributed by atoms with Crippen molar-refractivity contribution in [2.45, 2.75) is 165 Å². The van der Waals surface area contributed by atoms with Crippen LogP contribution >= 0.6 is 0 Å². The predicted molar refractivity (Wildman–Crippen MR) is 302 cm³/mol. The Labute approximate surface area is 425 Å². The Hall–Kier alpha value is -3.93. The summed E-state index contributed by atoms with van der Waals surface area (Å²) in [6, 6.07) is 28.1. The van der Waals surface area contributed by atoms with E-state index < -0.39 is 15.1 Å². The van der Waals surface area contributed by atoms with Gasteiger partial charge in [-0.25, -0.2) is 0 Å². The van der Waals surface area contributed by atoms with Crippen LogP contribution < -0.4 is 19.2 Å². The van der Waals surface area contributed by atoms with Crippen molar-refractivity contribution >= 4 is 52.1 Å². The molecule has 8 nitrogen and oxygen atoms in total. The first kappa shape index (κ1) is 52.9. The van der Waals surface area contributed by atoms with Gasteiger partial charge in [-0.3, -0.25) is 0 Å². The monoisotopic (exact) mass is 993 g/mol. The summed E-state index contributed by atoms with van der Waals surface area (Å²) in [5, 5.41) is 0. The van der Waals surface area contributed by atoms with Crippen LogP contribution in [0.15, 0.2) is 97.6 Å². The molecule has 0 atom stereocenters. The first-order valence-electron chi connectivity index (χ1n) is 26.4. The Morgan fingerprint density at radius 3 is 0.812 bits per heavy atom. The van der Waals surface area contributed by atoms with E-state index in [1.807, 2.05) is 0 Å².